The van der Waals surface area contributed by atoms with Gasteiger partial charge >= 0.3 is 0 Å². The Bertz CT molecular complexity index is 1220. The molecule has 0 radical (unpaired) electrons. The highest BCUT2D eigenvalue weighted by atomic mass is 32.2. The van der Waals surface area contributed by atoms with E-state index in [1.165, 1.54) is 11.3 Å². The van der Waals surface area contributed by atoms with E-state index >= 15 is 0 Å². The molecule has 0 aliphatic carbocycles. The Labute approximate surface area is 199 Å². The van der Waals surface area contributed by atoms with Gasteiger partial charge in [-0.05, 0) is 48.6 Å². The molecule has 2 aromatic carbocycles. The molecule has 1 fully saturated rings. The minimum atomic E-state index is -3.51. The predicted molar refractivity (Wildman–Crippen MR) is 137 cm³/mol. The molecule has 9 heteroatoms. The Morgan fingerprint density at radius 2 is 2.00 bits per heavy atom. The molecule has 3 aromatic rings. The zero-order valence-corrected chi connectivity index (χ0v) is 20.7. The predicted octanol–water partition coefficient (Wildman–Crippen LogP) is 4.74. The molecule has 1 unspecified atom stereocenters. The van der Waals surface area contributed by atoms with Crippen LogP contribution in [-0.4, -0.2) is 51.1 Å². The van der Waals surface area contributed by atoms with Crippen LogP contribution in [0.2, 0.25) is 0 Å². The number of hydrogen-bond donors (Lipinski definition) is 1. The van der Waals surface area contributed by atoms with Crippen LogP contribution in [0.4, 0.5) is 10.8 Å². The minimum absolute atomic E-state index is 0.316. The fraction of sp³-hybridized carbons (Fsp3) is 0.333. The van der Waals surface area contributed by atoms with Crippen LogP contribution in [0.3, 0.4) is 0 Å². The maximum atomic E-state index is 13.1. The number of aromatic nitrogens is 1. The van der Waals surface area contributed by atoms with Gasteiger partial charge in [-0.3, -0.25) is 5.43 Å². The molecular weight excluding hydrogens is 454 g/mol. The van der Waals surface area contributed by atoms with E-state index in [0.29, 0.717) is 29.0 Å². The zero-order chi connectivity index (χ0) is 23.4. The minimum Gasteiger partial charge on any atom is -0.378 e. The van der Waals surface area contributed by atoms with E-state index in [0.717, 1.165) is 35.3 Å². The molecule has 33 heavy (non-hydrogen) atoms. The average molecular weight is 484 g/mol. The van der Waals surface area contributed by atoms with Crippen molar-refractivity contribution in [2.24, 2.45) is 11.0 Å². The number of anilines is 2. The summed E-state index contributed by atoms with van der Waals surface area (Å²) >= 11 is 1.43. The average Bonchev–Trinajstić information content (AvgIpc) is 3.28. The van der Waals surface area contributed by atoms with Crippen molar-refractivity contribution in [3.63, 3.8) is 0 Å². The van der Waals surface area contributed by atoms with Gasteiger partial charge in [0.1, 0.15) is 0 Å². The lowest BCUT2D eigenvalue weighted by Gasteiger charge is -2.30. The fourth-order valence-corrected chi connectivity index (χ4v) is 6.12. The molecule has 2 heterocycles. The van der Waals surface area contributed by atoms with Gasteiger partial charge in [0.25, 0.3) is 0 Å². The SMILES string of the molecule is CC1CCCN(S(=O)(=O)c2cccc(-c3csc(N/N=C/c4ccc(N(C)C)cc4)n3)c2)C1. The third-order valence-corrected chi connectivity index (χ3v) is 8.28. The second kappa shape index (κ2) is 10.0. The highest BCUT2D eigenvalue weighted by Crippen LogP contribution is 2.29. The molecule has 4 rings (SSSR count). The van der Waals surface area contributed by atoms with E-state index in [9.17, 15) is 8.42 Å². The van der Waals surface area contributed by atoms with Gasteiger partial charge in [0.05, 0.1) is 16.8 Å². The Kier molecular flexibility index (Phi) is 7.11. The van der Waals surface area contributed by atoms with Crippen molar-refractivity contribution in [3.8, 4) is 11.3 Å². The zero-order valence-electron chi connectivity index (χ0n) is 19.1. The molecular formula is C24H29N5O2S2. The molecule has 1 atom stereocenters. The van der Waals surface area contributed by atoms with Gasteiger partial charge < -0.3 is 4.90 Å². The number of benzene rings is 2. The van der Waals surface area contributed by atoms with Crippen molar-refractivity contribution < 1.29 is 8.42 Å². The highest BCUT2D eigenvalue weighted by Gasteiger charge is 2.28. The van der Waals surface area contributed by atoms with Gasteiger partial charge in [0, 0.05) is 43.8 Å². The summed E-state index contributed by atoms with van der Waals surface area (Å²) in [5.41, 5.74) is 6.56. The molecule has 0 spiro atoms. The van der Waals surface area contributed by atoms with Crippen LogP contribution in [0.1, 0.15) is 25.3 Å². The van der Waals surface area contributed by atoms with Crippen LogP contribution in [0.25, 0.3) is 11.3 Å². The summed E-state index contributed by atoms with van der Waals surface area (Å²) in [4.78, 5) is 6.94. The normalized spacial score (nSPS) is 17.4. The standard InChI is InChI=1S/C24H29N5O2S2/c1-18-6-5-13-29(16-18)33(30,31)22-8-4-7-20(14-22)23-17-32-24(26-23)27-25-15-19-9-11-21(12-10-19)28(2)3/h4,7-12,14-15,17-18H,5-6,13,16H2,1-3H3,(H,26,27)/b25-15+. The number of hydrogen-bond acceptors (Lipinski definition) is 7. The first-order chi connectivity index (χ1) is 15.8. The van der Waals surface area contributed by atoms with Gasteiger partial charge in [-0.15, -0.1) is 11.3 Å². The molecule has 1 aromatic heterocycles. The third kappa shape index (κ3) is 5.61. The van der Waals surface area contributed by atoms with Gasteiger partial charge in [0.15, 0.2) is 0 Å². The van der Waals surface area contributed by atoms with Gasteiger partial charge in [-0.25, -0.2) is 13.4 Å². The summed E-state index contributed by atoms with van der Waals surface area (Å²) in [6.07, 6.45) is 3.72. The lowest BCUT2D eigenvalue weighted by Crippen LogP contribution is -2.39. The smallest absolute Gasteiger partial charge is 0.243 e. The molecule has 1 N–H and O–H groups in total. The van der Waals surface area contributed by atoms with Crippen LogP contribution >= 0.6 is 11.3 Å². The summed E-state index contributed by atoms with van der Waals surface area (Å²) in [6, 6.07) is 15.1. The van der Waals surface area contributed by atoms with Crippen LogP contribution in [0, 0.1) is 5.92 Å². The quantitative estimate of drug-likeness (QED) is 0.388. The van der Waals surface area contributed by atoms with Crippen LogP contribution < -0.4 is 10.3 Å². The maximum absolute atomic E-state index is 13.1. The first kappa shape index (κ1) is 23.4. The highest BCUT2D eigenvalue weighted by molar-refractivity contribution is 7.89. The number of sulfonamides is 1. The van der Waals surface area contributed by atoms with Crippen molar-refractivity contribution in [1.29, 1.82) is 0 Å². The largest absolute Gasteiger partial charge is 0.378 e. The fourth-order valence-electron chi connectivity index (χ4n) is 3.81. The van der Waals surface area contributed by atoms with E-state index in [1.807, 2.05) is 54.7 Å². The van der Waals surface area contributed by atoms with Gasteiger partial charge in [-0.2, -0.15) is 9.41 Å². The lowest BCUT2D eigenvalue weighted by atomic mass is 10.0. The number of nitrogens with zero attached hydrogens (tertiary/aromatic N) is 4. The van der Waals surface area contributed by atoms with Crippen molar-refractivity contribution in [3.05, 3.63) is 59.5 Å². The van der Waals surface area contributed by atoms with Crippen LogP contribution in [-0.2, 0) is 10.0 Å². The van der Waals surface area contributed by atoms with Crippen LogP contribution in [0.15, 0.2) is 63.9 Å². The Hall–Kier alpha value is -2.75. The number of piperidine rings is 1. The van der Waals surface area contributed by atoms with Crippen molar-refractivity contribution in [1.82, 2.24) is 9.29 Å². The Morgan fingerprint density at radius 3 is 2.73 bits per heavy atom. The second-order valence-corrected chi connectivity index (χ2v) is 11.3. The Morgan fingerprint density at radius 1 is 1.21 bits per heavy atom. The number of thiazole rings is 1. The maximum Gasteiger partial charge on any atom is 0.243 e. The number of rotatable bonds is 7. The molecule has 1 aliphatic rings. The summed E-state index contributed by atoms with van der Waals surface area (Å²) in [5.74, 6) is 0.385. The number of hydrazone groups is 1. The molecule has 0 amide bonds. The molecule has 1 aliphatic heterocycles. The molecule has 0 bridgehead atoms. The van der Waals surface area contributed by atoms with Gasteiger partial charge in [0.2, 0.25) is 15.2 Å². The first-order valence-electron chi connectivity index (χ1n) is 11.0. The molecule has 1 saturated heterocycles. The Balaban J connectivity index is 1.45. The third-order valence-electron chi connectivity index (χ3n) is 5.67. The monoisotopic (exact) mass is 483 g/mol. The molecule has 0 saturated carbocycles. The van der Waals surface area contributed by atoms with E-state index in [1.54, 1.807) is 28.7 Å². The van der Waals surface area contributed by atoms with Crippen molar-refractivity contribution in [2.45, 2.75) is 24.7 Å². The van der Waals surface area contributed by atoms with E-state index in [2.05, 4.69) is 22.4 Å². The van der Waals surface area contributed by atoms with Crippen molar-refractivity contribution in [2.75, 3.05) is 37.5 Å². The summed E-state index contributed by atoms with van der Waals surface area (Å²) in [7, 11) is 0.503. The lowest BCUT2D eigenvalue weighted by molar-refractivity contribution is 0.281. The topological polar surface area (TPSA) is 77.9 Å². The number of nitrogens with one attached hydrogen (secondary N) is 1. The summed E-state index contributed by atoms with van der Waals surface area (Å²) in [6.45, 7) is 3.26. The molecule has 174 valence electrons. The second-order valence-electron chi connectivity index (χ2n) is 8.53. The summed E-state index contributed by atoms with van der Waals surface area (Å²) in [5, 5.41) is 6.82. The van der Waals surface area contributed by atoms with E-state index < -0.39 is 10.0 Å². The van der Waals surface area contributed by atoms with Crippen molar-refractivity contribution >= 4 is 38.4 Å². The van der Waals surface area contributed by atoms with E-state index in [4.69, 9.17) is 0 Å². The van der Waals surface area contributed by atoms with Gasteiger partial charge in [-0.1, -0.05) is 31.2 Å². The van der Waals surface area contributed by atoms with E-state index in [-0.39, 0.29) is 0 Å². The summed E-state index contributed by atoms with van der Waals surface area (Å²) < 4.78 is 27.9. The van der Waals surface area contributed by atoms with Crippen LogP contribution in [0.5, 0.6) is 0 Å². The first-order valence-corrected chi connectivity index (χ1v) is 13.3. The molecule has 7 nitrogen and oxygen atoms in total.